The number of carbonyl (C=O) groups excluding carboxylic acids is 1. The number of aromatic hydroxyl groups is 1. The third kappa shape index (κ3) is 5.60. The number of carbonyl (C=O) groups is 1. The number of benzene rings is 1. The number of aliphatic hydroxyl groups is 1. The van der Waals surface area contributed by atoms with E-state index in [4.69, 9.17) is 16.7 Å². The molecule has 0 unspecified atom stereocenters. The summed E-state index contributed by atoms with van der Waals surface area (Å²) in [7, 11) is 0. The highest BCUT2D eigenvalue weighted by Gasteiger charge is 2.42. The Labute approximate surface area is 166 Å². The number of aliphatic hydroxyl groups excluding tert-OH is 1. The van der Waals surface area contributed by atoms with E-state index in [1.54, 1.807) is 0 Å². The molecule has 0 saturated carbocycles. The lowest BCUT2D eigenvalue weighted by Crippen LogP contribution is -2.41. The van der Waals surface area contributed by atoms with Gasteiger partial charge in [0.1, 0.15) is 5.82 Å². The van der Waals surface area contributed by atoms with Crippen LogP contribution in [0.5, 0.6) is 5.88 Å². The topological polar surface area (TPSA) is 94.5 Å². The van der Waals surface area contributed by atoms with Crippen LogP contribution < -0.4 is 10.6 Å². The van der Waals surface area contributed by atoms with Crippen LogP contribution in [0, 0.1) is 5.82 Å². The zero-order valence-electron chi connectivity index (χ0n) is 15.1. The van der Waals surface area contributed by atoms with Gasteiger partial charge in [-0.1, -0.05) is 17.7 Å². The van der Waals surface area contributed by atoms with Gasteiger partial charge in [-0.05, 0) is 49.2 Å². The highest BCUT2D eigenvalue weighted by Crippen LogP contribution is 2.36. The van der Waals surface area contributed by atoms with Crippen LogP contribution in [0.4, 0.5) is 8.78 Å². The monoisotopic (exact) mass is 413 g/mol. The Kier molecular flexibility index (Phi) is 8.10. The van der Waals surface area contributed by atoms with Crippen LogP contribution in [-0.4, -0.2) is 40.8 Å². The molecule has 28 heavy (non-hydrogen) atoms. The molecule has 152 valence electrons. The van der Waals surface area contributed by atoms with E-state index in [1.165, 1.54) is 30.5 Å². The van der Waals surface area contributed by atoms with Gasteiger partial charge in [0, 0.05) is 24.3 Å². The van der Waals surface area contributed by atoms with Crippen molar-refractivity contribution >= 4 is 17.5 Å². The van der Waals surface area contributed by atoms with Crippen LogP contribution in [-0.2, 0) is 17.0 Å². The molecule has 2 rings (SSSR count). The molecule has 0 saturated heterocycles. The van der Waals surface area contributed by atoms with E-state index in [1.807, 2.05) is 0 Å². The van der Waals surface area contributed by atoms with Gasteiger partial charge < -0.3 is 20.8 Å². The molecule has 0 radical (unpaired) electrons. The normalized spacial score (nSPS) is 13.1. The van der Waals surface area contributed by atoms with Crippen LogP contribution >= 0.6 is 11.6 Å². The van der Waals surface area contributed by atoms with Crippen molar-refractivity contribution in [3.63, 3.8) is 0 Å². The number of nitrogens with one attached hydrogen (secondary N) is 2. The minimum atomic E-state index is -2.52. The van der Waals surface area contributed by atoms with E-state index >= 15 is 4.39 Å². The van der Waals surface area contributed by atoms with Gasteiger partial charge in [-0.3, -0.25) is 4.79 Å². The molecule has 1 amide bonds. The third-order valence-corrected chi connectivity index (χ3v) is 4.54. The van der Waals surface area contributed by atoms with Crippen molar-refractivity contribution in [2.45, 2.75) is 25.1 Å². The molecule has 1 aromatic carbocycles. The fourth-order valence-corrected chi connectivity index (χ4v) is 2.95. The fraction of sp³-hybridized carbons (Fsp3) is 0.368. The predicted molar refractivity (Wildman–Crippen MR) is 101 cm³/mol. The average Bonchev–Trinajstić information content (AvgIpc) is 2.67. The van der Waals surface area contributed by atoms with Gasteiger partial charge in [0.2, 0.25) is 11.5 Å². The lowest BCUT2D eigenvalue weighted by Gasteiger charge is -2.25. The maximum atomic E-state index is 15.8. The van der Waals surface area contributed by atoms with Crippen molar-refractivity contribution in [1.82, 2.24) is 15.6 Å². The minimum Gasteiger partial charge on any atom is -0.493 e. The van der Waals surface area contributed by atoms with Crippen molar-refractivity contribution in [2.24, 2.45) is 0 Å². The van der Waals surface area contributed by atoms with Crippen LogP contribution in [0.25, 0.3) is 0 Å². The second-order valence-electron chi connectivity index (χ2n) is 6.17. The molecule has 0 aliphatic carbocycles. The molecule has 0 aliphatic heterocycles. The van der Waals surface area contributed by atoms with Gasteiger partial charge in [-0.2, -0.15) is 0 Å². The lowest BCUT2D eigenvalue weighted by atomic mass is 9.90. The maximum absolute atomic E-state index is 15.8. The Morgan fingerprint density at radius 2 is 2.07 bits per heavy atom. The standard InChI is InChI=1S/C19H22ClF2N3O3/c20-16-11-14(21)5-4-13(16)12-25-18(28)19(22,6-2-7-23-9-10-26)15-3-1-8-24-17(15)27/h1,3-5,8,11,23,26H,2,6-7,9-10,12H2,(H,24,27)(H,25,28)/t19-/m0/s1. The molecule has 0 fully saturated rings. The molecule has 1 aromatic heterocycles. The second kappa shape index (κ2) is 10.3. The molecule has 0 bridgehead atoms. The molecule has 4 N–H and O–H groups in total. The predicted octanol–water partition coefficient (Wildman–Crippen LogP) is 2.42. The van der Waals surface area contributed by atoms with Gasteiger partial charge >= 0.3 is 0 Å². The Morgan fingerprint density at radius 3 is 2.75 bits per heavy atom. The summed E-state index contributed by atoms with van der Waals surface area (Å²) < 4.78 is 28.9. The van der Waals surface area contributed by atoms with Gasteiger partial charge in [-0.15, -0.1) is 0 Å². The maximum Gasteiger partial charge on any atom is 0.262 e. The molecule has 1 atom stereocenters. The van der Waals surface area contributed by atoms with Crippen LogP contribution in [0.1, 0.15) is 24.0 Å². The van der Waals surface area contributed by atoms with Gasteiger partial charge in [0.15, 0.2) is 0 Å². The number of halogens is 3. The van der Waals surface area contributed by atoms with E-state index < -0.39 is 23.3 Å². The molecule has 0 spiro atoms. The number of amides is 1. The quantitative estimate of drug-likeness (QED) is 0.449. The molecular weight excluding hydrogens is 392 g/mol. The SMILES string of the molecule is O=C(NCc1ccc(F)cc1Cl)[C@](F)(CCCNCCO)c1cccnc1O. The molecule has 1 heterocycles. The minimum absolute atomic E-state index is 0.0525. The number of hydrogen-bond donors (Lipinski definition) is 4. The first-order valence-corrected chi connectivity index (χ1v) is 9.13. The summed E-state index contributed by atoms with van der Waals surface area (Å²) in [6.07, 6.45) is 1.35. The molecule has 9 heteroatoms. The number of nitrogens with zero attached hydrogens (tertiary/aromatic N) is 1. The van der Waals surface area contributed by atoms with E-state index in [0.717, 1.165) is 6.07 Å². The first-order chi connectivity index (χ1) is 13.4. The summed E-state index contributed by atoms with van der Waals surface area (Å²) in [4.78, 5) is 16.3. The molecule has 6 nitrogen and oxygen atoms in total. The van der Waals surface area contributed by atoms with Crippen LogP contribution in [0.15, 0.2) is 36.5 Å². The first kappa shape index (κ1) is 22.0. The Hall–Kier alpha value is -2.29. The van der Waals surface area contributed by atoms with Crippen molar-refractivity contribution in [3.05, 3.63) is 58.5 Å². The van der Waals surface area contributed by atoms with E-state index in [9.17, 15) is 14.3 Å². The van der Waals surface area contributed by atoms with Crippen molar-refractivity contribution in [1.29, 1.82) is 0 Å². The molecule has 2 aromatic rings. The summed E-state index contributed by atoms with van der Waals surface area (Å²) in [6.45, 7) is 0.577. The highest BCUT2D eigenvalue weighted by molar-refractivity contribution is 6.31. The number of alkyl halides is 1. The zero-order chi connectivity index (χ0) is 20.6. The summed E-state index contributed by atoms with van der Waals surface area (Å²) in [5.41, 5.74) is -2.33. The number of pyridine rings is 1. The molecule has 0 aliphatic rings. The zero-order valence-corrected chi connectivity index (χ0v) is 15.8. The number of rotatable bonds is 10. The summed E-state index contributed by atoms with van der Waals surface area (Å²) in [5, 5.41) is 24.2. The van der Waals surface area contributed by atoms with Gasteiger partial charge in [0.05, 0.1) is 12.2 Å². The summed E-state index contributed by atoms with van der Waals surface area (Å²) in [6, 6.07) is 6.42. The van der Waals surface area contributed by atoms with Crippen LogP contribution in [0.2, 0.25) is 5.02 Å². The third-order valence-electron chi connectivity index (χ3n) is 4.19. The number of hydrogen-bond acceptors (Lipinski definition) is 5. The van der Waals surface area contributed by atoms with Gasteiger partial charge in [-0.25, -0.2) is 13.8 Å². The van der Waals surface area contributed by atoms with E-state index in [2.05, 4.69) is 15.6 Å². The van der Waals surface area contributed by atoms with Gasteiger partial charge in [0.25, 0.3) is 5.91 Å². The van der Waals surface area contributed by atoms with Crippen LogP contribution in [0.3, 0.4) is 0 Å². The fourth-order valence-electron chi connectivity index (χ4n) is 2.72. The largest absolute Gasteiger partial charge is 0.493 e. The summed E-state index contributed by atoms with van der Waals surface area (Å²) in [5.74, 6) is -2.04. The average molecular weight is 414 g/mol. The highest BCUT2D eigenvalue weighted by atomic mass is 35.5. The Balaban J connectivity index is 2.15. The van der Waals surface area contributed by atoms with E-state index in [-0.39, 0.29) is 36.6 Å². The smallest absolute Gasteiger partial charge is 0.262 e. The Morgan fingerprint density at radius 1 is 1.29 bits per heavy atom. The van der Waals surface area contributed by atoms with E-state index in [0.29, 0.717) is 18.7 Å². The molecular formula is C19H22ClF2N3O3. The Bertz CT molecular complexity index is 810. The second-order valence-corrected chi connectivity index (χ2v) is 6.58. The number of aromatic nitrogens is 1. The summed E-state index contributed by atoms with van der Waals surface area (Å²) >= 11 is 5.94. The van der Waals surface area contributed by atoms with Crippen molar-refractivity contribution in [2.75, 3.05) is 19.7 Å². The lowest BCUT2D eigenvalue weighted by molar-refractivity contribution is -0.134. The van der Waals surface area contributed by atoms with Crippen molar-refractivity contribution in [3.8, 4) is 5.88 Å². The first-order valence-electron chi connectivity index (χ1n) is 8.75. The van der Waals surface area contributed by atoms with Crippen molar-refractivity contribution < 1.29 is 23.8 Å².